The molecule has 2 bridgehead atoms. The molecule has 0 spiro atoms. The van der Waals surface area contributed by atoms with Crippen LogP contribution in [0.3, 0.4) is 0 Å². The summed E-state index contributed by atoms with van der Waals surface area (Å²) in [5.74, 6) is -0.208. The number of benzene rings is 1. The second-order valence-electron chi connectivity index (χ2n) is 10.8. The van der Waals surface area contributed by atoms with E-state index in [1.807, 2.05) is 51.1 Å². The van der Waals surface area contributed by atoms with Crippen LogP contribution in [0.2, 0.25) is 0 Å². The van der Waals surface area contributed by atoms with E-state index in [0.717, 1.165) is 18.4 Å². The Balaban J connectivity index is 1.27. The second-order valence-corrected chi connectivity index (χ2v) is 10.8. The van der Waals surface area contributed by atoms with Crippen LogP contribution in [0.25, 0.3) is 0 Å². The highest BCUT2D eigenvalue weighted by Crippen LogP contribution is 2.37. The van der Waals surface area contributed by atoms with Crippen LogP contribution in [0.15, 0.2) is 30.3 Å². The summed E-state index contributed by atoms with van der Waals surface area (Å²) in [6.07, 6.45) is 2.18. The fourth-order valence-corrected chi connectivity index (χ4v) is 5.56. The van der Waals surface area contributed by atoms with E-state index < -0.39 is 12.1 Å². The number of hydrogen-bond donors (Lipinski definition) is 3. The summed E-state index contributed by atoms with van der Waals surface area (Å²) < 4.78 is 0. The van der Waals surface area contributed by atoms with Crippen LogP contribution in [-0.2, 0) is 21.1 Å². The van der Waals surface area contributed by atoms with Crippen LogP contribution in [0.5, 0.6) is 0 Å². The topological polar surface area (TPSA) is 120 Å². The minimum atomic E-state index is -1.03. The summed E-state index contributed by atoms with van der Waals surface area (Å²) in [6, 6.07) is 8.48. The fourth-order valence-electron chi connectivity index (χ4n) is 5.56. The summed E-state index contributed by atoms with van der Waals surface area (Å²) in [5, 5.41) is 13.3. The van der Waals surface area contributed by atoms with Gasteiger partial charge >= 0.3 is 12.1 Å². The third kappa shape index (κ3) is 5.87. The van der Waals surface area contributed by atoms with Gasteiger partial charge in [-0.3, -0.25) is 14.5 Å². The largest absolute Gasteiger partial charge is 0.465 e. The average molecular weight is 489 g/mol. The minimum Gasteiger partial charge on any atom is -0.465 e. The van der Waals surface area contributed by atoms with Crippen LogP contribution < -0.4 is 10.8 Å². The first-order valence-corrected chi connectivity index (χ1v) is 12.3. The van der Waals surface area contributed by atoms with E-state index in [0.29, 0.717) is 32.4 Å². The maximum Gasteiger partial charge on any atom is 0.404 e. The number of piperidine rings is 1. The molecule has 35 heavy (non-hydrogen) atoms. The molecule has 10 heteroatoms. The molecular weight excluding hydrogens is 452 g/mol. The number of nitrogens with zero attached hydrogens (tertiary/aromatic N) is 2. The molecule has 1 aliphatic carbocycles. The van der Waals surface area contributed by atoms with Crippen molar-refractivity contribution in [3.05, 3.63) is 35.9 Å². The van der Waals surface area contributed by atoms with Gasteiger partial charge in [0.2, 0.25) is 0 Å². The molecule has 1 aromatic rings. The van der Waals surface area contributed by atoms with Gasteiger partial charge in [-0.1, -0.05) is 51.1 Å². The third-order valence-corrected chi connectivity index (χ3v) is 7.27. The first-order valence-electron chi connectivity index (χ1n) is 12.3. The molecule has 4 amide bonds. The summed E-state index contributed by atoms with van der Waals surface area (Å²) >= 11 is 0. The highest BCUT2D eigenvalue weighted by Gasteiger charge is 2.48. The predicted molar refractivity (Wildman–Crippen MR) is 127 cm³/mol. The van der Waals surface area contributed by atoms with Gasteiger partial charge < -0.3 is 15.3 Å². The molecule has 10 nitrogen and oxygen atoms in total. The van der Waals surface area contributed by atoms with Crippen molar-refractivity contribution >= 4 is 18.0 Å². The number of amides is 4. The molecule has 3 fully saturated rings. The normalized spacial score (nSPS) is 27.1. The lowest BCUT2D eigenvalue weighted by Gasteiger charge is -2.35. The highest BCUT2D eigenvalue weighted by molar-refractivity contribution is 5.88. The predicted octanol–water partition coefficient (Wildman–Crippen LogP) is 3.29. The number of hydrogen-bond acceptors (Lipinski definition) is 5. The number of carboxylic acid groups (broad SMARTS) is 1. The van der Waals surface area contributed by atoms with Crippen LogP contribution >= 0.6 is 0 Å². The number of carbonyl (C=O) groups is 3. The Hall–Kier alpha value is -2.85. The number of fused-ring (bicyclic) bond motifs is 2. The molecule has 3 unspecified atom stereocenters. The molecule has 5 atom stereocenters. The zero-order valence-electron chi connectivity index (χ0n) is 20.6. The van der Waals surface area contributed by atoms with Gasteiger partial charge in [0, 0.05) is 12.6 Å². The van der Waals surface area contributed by atoms with Crippen LogP contribution in [0, 0.1) is 11.3 Å². The molecular formula is C25H36N4O6. The van der Waals surface area contributed by atoms with Crippen molar-refractivity contribution in [3.8, 4) is 0 Å². The molecule has 4 rings (SSSR count). The Morgan fingerprint density at radius 3 is 2.57 bits per heavy atom. The molecule has 0 aromatic heterocycles. The van der Waals surface area contributed by atoms with Gasteiger partial charge in [0.05, 0.1) is 12.1 Å². The zero-order chi connectivity index (χ0) is 25.2. The van der Waals surface area contributed by atoms with E-state index in [9.17, 15) is 19.5 Å². The van der Waals surface area contributed by atoms with Gasteiger partial charge in [0.15, 0.2) is 0 Å². The van der Waals surface area contributed by atoms with Crippen molar-refractivity contribution in [1.82, 2.24) is 20.8 Å². The molecule has 0 radical (unpaired) electrons. The highest BCUT2D eigenvalue weighted by atomic mass is 16.7. The first kappa shape index (κ1) is 25.2. The van der Waals surface area contributed by atoms with Crippen molar-refractivity contribution in [3.63, 3.8) is 0 Å². The van der Waals surface area contributed by atoms with Gasteiger partial charge in [-0.2, -0.15) is 5.06 Å². The molecule has 1 aromatic carbocycles. The van der Waals surface area contributed by atoms with Crippen LogP contribution in [0.4, 0.5) is 9.59 Å². The Morgan fingerprint density at radius 1 is 1.14 bits per heavy atom. The fraction of sp³-hybridized carbons (Fsp3) is 0.640. The molecule has 192 valence electrons. The van der Waals surface area contributed by atoms with Gasteiger partial charge in [-0.15, -0.1) is 0 Å². The SMILES string of the molecule is CC(C)(C)C(NC(=O)O)C1CCC(ONC(=O)[C@@H]2CC[C@@H]3CN2C(=O)N3OCc2ccccc2)C1. The summed E-state index contributed by atoms with van der Waals surface area (Å²) in [7, 11) is 0. The number of urea groups is 1. The van der Waals surface area contributed by atoms with E-state index in [2.05, 4.69) is 10.8 Å². The molecule has 3 aliphatic rings. The Labute approximate surface area is 205 Å². The summed E-state index contributed by atoms with van der Waals surface area (Å²) in [5.41, 5.74) is 3.32. The Morgan fingerprint density at radius 2 is 1.89 bits per heavy atom. The van der Waals surface area contributed by atoms with Crippen molar-refractivity contribution in [1.29, 1.82) is 0 Å². The van der Waals surface area contributed by atoms with Crippen molar-refractivity contribution in [2.45, 2.75) is 83.7 Å². The standard InChI is InChI=1S/C25H36N4O6/c1-25(2,3)21(26-23(31)32)17-9-11-19(13-17)35-27-22(30)20-12-10-18-14-28(20)24(33)29(18)34-15-16-7-5-4-6-8-16/h4-8,17-21,26H,9-15H2,1-3H3,(H,27,30)(H,31,32)/t17?,18-,19?,20+,21?/m1/s1. The van der Waals surface area contributed by atoms with E-state index in [1.54, 1.807) is 4.90 Å². The number of rotatable bonds is 8. The minimum absolute atomic E-state index is 0.0668. The molecule has 3 N–H and O–H groups in total. The molecule has 2 heterocycles. The molecule has 1 saturated carbocycles. The zero-order valence-corrected chi connectivity index (χ0v) is 20.6. The average Bonchev–Trinajstić information content (AvgIpc) is 3.37. The van der Waals surface area contributed by atoms with Gasteiger partial charge in [0.25, 0.3) is 5.91 Å². The second kappa shape index (κ2) is 10.4. The van der Waals surface area contributed by atoms with E-state index in [1.165, 1.54) is 5.06 Å². The van der Waals surface area contributed by atoms with Crippen molar-refractivity contribution in [2.75, 3.05) is 6.54 Å². The van der Waals surface area contributed by atoms with E-state index in [-0.39, 0.29) is 41.5 Å². The monoisotopic (exact) mass is 488 g/mol. The Kier molecular flexibility index (Phi) is 7.51. The van der Waals surface area contributed by atoms with Gasteiger partial charge in [-0.25, -0.2) is 15.1 Å². The molecule has 2 aliphatic heterocycles. The first-order chi connectivity index (χ1) is 16.6. The van der Waals surface area contributed by atoms with Crippen LogP contribution in [-0.4, -0.2) is 63.9 Å². The third-order valence-electron chi connectivity index (χ3n) is 7.27. The number of carbonyl (C=O) groups excluding carboxylic acids is 2. The van der Waals surface area contributed by atoms with Crippen molar-refractivity contribution in [2.24, 2.45) is 11.3 Å². The molecule has 2 saturated heterocycles. The number of nitrogens with one attached hydrogen (secondary N) is 2. The lowest BCUT2D eigenvalue weighted by Crippen LogP contribution is -2.50. The van der Waals surface area contributed by atoms with Crippen LogP contribution in [0.1, 0.15) is 58.4 Å². The number of hydroxylamine groups is 3. The van der Waals surface area contributed by atoms with E-state index in [4.69, 9.17) is 9.68 Å². The van der Waals surface area contributed by atoms with E-state index >= 15 is 0 Å². The quantitative estimate of drug-likeness (QED) is 0.483. The maximum atomic E-state index is 12.9. The van der Waals surface area contributed by atoms with Gasteiger partial charge in [0.1, 0.15) is 12.6 Å². The smallest absolute Gasteiger partial charge is 0.404 e. The van der Waals surface area contributed by atoms with Crippen molar-refractivity contribution < 1.29 is 29.2 Å². The van der Waals surface area contributed by atoms with Gasteiger partial charge in [-0.05, 0) is 49.0 Å². The maximum absolute atomic E-state index is 12.9. The summed E-state index contributed by atoms with van der Waals surface area (Å²) in [4.78, 5) is 50.2. The lowest BCUT2D eigenvalue weighted by atomic mass is 9.78. The summed E-state index contributed by atoms with van der Waals surface area (Å²) in [6.45, 7) is 6.79. The Bertz CT molecular complexity index is 920. The lowest BCUT2D eigenvalue weighted by molar-refractivity contribution is -0.144.